The number of anilines is 1. The molecular formula is C12H19N5OS. The fraction of sp³-hybridized carbons (Fsp3) is 0.750. The fourth-order valence-electron chi connectivity index (χ4n) is 2.47. The molecule has 1 aromatic heterocycles. The maximum Gasteiger partial charge on any atom is 0.228 e. The van der Waals surface area contributed by atoms with Crippen LogP contribution in [0.4, 0.5) is 5.13 Å². The SMILES string of the molecule is Cc1nsc(N2CCCN(C(=O)C3CNC3)CC2)n1. The molecular weight excluding hydrogens is 262 g/mol. The number of aryl methyl sites for hydroxylation is 1. The number of carbonyl (C=O) groups is 1. The summed E-state index contributed by atoms with van der Waals surface area (Å²) >= 11 is 1.45. The summed E-state index contributed by atoms with van der Waals surface area (Å²) in [7, 11) is 0. The van der Waals surface area contributed by atoms with Crippen LogP contribution in [-0.2, 0) is 4.79 Å². The Bertz CT molecular complexity index is 459. The van der Waals surface area contributed by atoms with E-state index in [2.05, 4.69) is 19.6 Å². The van der Waals surface area contributed by atoms with Gasteiger partial charge in [0, 0.05) is 50.8 Å². The van der Waals surface area contributed by atoms with Crippen molar-refractivity contribution in [3.63, 3.8) is 0 Å². The molecule has 0 unspecified atom stereocenters. The first-order valence-corrected chi connectivity index (χ1v) is 7.56. The van der Waals surface area contributed by atoms with Gasteiger partial charge in [0.1, 0.15) is 5.82 Å². The van der Waals surface area contributed by atoms with Crippen molar-refractivity contribution in [1.29, 1.82) is 0 Å². The molecule has 1 N–H and O–H groups in total. The first kappa shape index (κ1) is 12.8. The molecule has 0 radical (unpaired) electrons. The molecule has 2 aliphatic heterocycles. The maximum atomic E-state index is 12.2. The van der Waals surface area contributed by atoms with Crippen LogP contribution in [-0.4, -0.2) is 59.4 Å². The van der Waals surface area contributed by atoms with Gasteiger partial charge < -0.3 is 15.1 Å². The van der Waals surface area contributed by atoms with Crippen molar-refractivity contribution in [3.8, 4) is 0 Å². The lowest BCUT2D eigenvalue weighted by Crippen LogP contribution is -2.52. The van der Waals surface area contributed by atoms with Crippen LogP contribution >= 0.6 is 11.5 Å². The highest BCUT2D eigenvalue weighted by Crippen LogP contribution is 2.19. The lowest BCUT2D eigenvalue weighted by atomic mass is 10.0. The molecule has 1 amide bonds. The minimum absolute atomic E-state index is 0.204. The Balaban J connectivity index is 1.60. The lowest BCUT2D eigenvalue weighted by molar-refractivity contribution is -0.136. The van der Waals surface area contributed by atoms with E-state index in [4.69, 9.17) is 0 Å². The van der Waals surface area contributed by atoms with Crippen molar-refractivity contribution in [3.05, 3.63) is 5.82 Å². The van der Waals surface area contributed by atoms with Crippen molar-refractivity contribution in [1.82, 2.24) is 19.6 Å². The molecule has 2 saturated heterocycles. The van der Waals surface area contributed by atoms with Crippen LogP contribution in [0.25, 0.3) is 0 Å². The molecule has 7 heteroatoms. The van der Waals surface area contributed by atoms with Gasteiger partial charge in [-0.25, -0.2) is 4.98 Å². The Kier molecular flexibility index (Phi) is 3.65. The molecule has 3 rings (SSSR count). The van der Waals surface area contributed by atoms with E-state index < -0.39 is 0 Å². The summed E-state index contributed by atoms with van der Waals surface area (Å²) in [6, 6.07) is 0. The zero-order chi connectivity index (χ0) is 13.2. The molecule has 0 spiro atoms. The second-order valence-electron chi connectivity index (χ2n) is 5.15. The van der Waals surface area contributed by atoms with E-state index in [0.717, 1.165) is 56.6 Å². The molecule has 3 heterocycles. The van der Waals surface area contributed by atoms with E-state index in [1.807, 2.05) is 11.8 Å². The minimum Gasteiger partial charge on any atom is -0.345 e. The van der Waals surface area contributed by atoms with Gasteiger partial charge in [-0.1, -0.05) is 0 Å². The first-order chi connectivity index (χ1) is 9.24. The van der Waals surface area contributed by atoms with E-state index >= 15 is 0 Å². The van der Waals surface area contributed by atoms with Crippen LogP contribution in [0.1, 0.15) is 12.2 Å². The third-order valence-corrected chi connectivity index (χ3v) is 4.59. The van der Waals surface area contributed by atoms with Crippen LogP contribution in [0.2, 0.25) is 0 Å². The Labute approximate surface area is 117 Å². The van der Waals surface area contributed by atoms with E-state index in [1.165, 1.54) is 11.5 Å². The summed E-state index contributed by atoms with van der Waals surface area (Å²) in [5.41, 5.74) is 0. The summed E-state index contributed by atoms with van der Waals surface area (Å²) in [4.78, 5) is 20.9. The lowest BCUT2D eigenvalue weighted by Gasteiger charge is -2.31. The Morgan fingerprint density at radius 2 is 2.16 bits per heavy atom. The second-order valence-corrected chi connectivity index (χ2v) is 5.88. The third kappa shape index (κ3) is 2.71. The van der Waals surface area contributed by atoms with Crippen LogP contribution in [0.15, 0.2) is 0 Å². The van der Waals surface area contributed by atoms with Crippen LogP contribution in [0.5, 0.6) is 0 Å². The molecule has 2 aliphatic rings. The molecule has 1 aromatic rings. The summed E-state index contributed by atoms with van der Waals surface area (Å²) in [6.45, 7) is 7.08. The highest BCUT2D eigenvalue weighted by Gasteiger charge is 2.30. The summed E-state index contributed by atoms with van der Waals surface area (Å²) < 4.78 is 4.23. The molecule has 6 nitrogen and oxygen atoms in total. The van der Waals surface area contributed by atoms with Crippen LogP contribution in [0.3, 0.4) is 0 Å². The maximum absolute atomic E-state index is 12.2. The van der Waals surface area contributed by atoms with Gasteiger partial charge in [0.2, 0.25) is 11.0 Å². The molecule has 2 fully saturated rings. The molecule has 104 valence electrons. The zero-order valence-corrected chi connectivity index (χ0v) is 11.9. The average Bonchev–Trinajstić information content (AvgIpc) is 2.62. The number of hydrogen-bond acceptors (Lipinski definition) is 6. The number of carbonyl (C=O) groups excluding carboxylic acids is 1. The zero-order valence-electron chi connectivity index (χ0n) is 11.1. The van der Waals surface area contributed by atoms with Gasteiger partial charge in [-0.05, 0) is 13.3 Å². The minimum atomic E-state index is 0.204. The standard InChI is InChI=1S/C12H19N5OS/c1-9-14-12(19-15-9)17-4-2-3-16(5-6-17)11(18)10-7-13-8-10/h10,13H,2-8H2,1H3. The van der Waals surface area contributed by atoms with Crippen molar-refractivity contribution < 1.29 is 4.79 Å². The van der Waals surface area contributed by atoms with Crippen molar-refractivity contribution in [2.24, 2.45) is 5.92 Å². The average molecular weight is 281 g/mol. The smallest absolute Gasteiger partial charge is 0.228 e. The second kappa shape index (κ2) is 5.42. The van der Waals surface area contributed by atoms with Gasteiger partial charge in [-0.2, -0.15) is 4.37 Å². The number of rotatable bonds is 2. The van der Waals surface area contributed by atoms with Crippen molar-refractivity contribution in [2.75, 3.05) is 44.2 Å². The molecule has 0 aromatic carbocycles. The topological polar surface area (TPSA) is 61.4 Å². The summed E-state index contributed by atoms with van der Waals surface area (Å²) in [5.74, 6) is 1.35. The quantitative estimate of drug-likeness (QED) is 0.833. The Hall–Kier alpha value is -1.21. The van der Waals surface area contributed by atoms with Crippen LogP contribution in [0, 0.1) is 12.8 Å². The van der Waals surface area contributed by atoms with Gasteiger partial charge in [-0.3, -0.25) is 4.79 Å². The summed E-state index contributed by atoms with van der Waals surface area (Å²) in [6.07, 6.45) is 1.00. The van der Waals surface area contributed by atoms with E-state index in [9.17, 15) is 4.79 Å². The number of aromatic nitrogens is 2. The van der Waals surface area contributed by atoms with Gasteiger partial charge in [-0.15, -0.1) is 0 Å². The van der Waals surface area contributed by atoms with Crippen molar-refractivity contribution >= 4 is 22.6 Å². The fourth-order valence-corrected chi connectivity index (χ4v) is 3.19. The van der Waals surface area contributed by atoms with E-state index in [1.54, 1.807) is 0 Å². The molecule has 0 atom stereocenters. The van der Waals surface area contributed by atoms with Gasteiger partial charge >= 0.3 is 0 Å². The monoisotopic (exact) mass is 281 g/mol. The molecule has 0 saturated carbocycles. The molecule has 0 aliphatic carbocycles. The number of amides is 1. The van der Waals surface area contributed by atoms with Gasteiger partial charge in [0.05, 0.1) is 5.92 Å². The molecule has 19 heavy (non-hydrogen) atoms. The molecule has 0 bridgehead atoms. The Morgan fingerprint density at radius 1 is 1.32 bits per heavy atom. The number of hydrogen-bond donors (Lipinski definition) is 1. The van der Waals surface area contributed by atoms with E-state index in [-0.39, 0.29) is 5.92 Å². The predicted molar refractivity (Wildman–Crippen MR) is 74.4 cm³/mol. The van der Waals surface area contributed by atoms with E-state index in [0.29, 0.717) is 5.91 Å². The Morgan fingerprint density at radius 3 is 2.79 bits per heavy atom. The largest absolute Gasteiger partial charge is 0.345 e. The summed E-state index contributed by atoms with van der Waals surface area (Å²) in [5, 5.41) is 4.14. The highest BCUT2D eigenvalue weighted by molar-refractivity contribution is 7.09. The van der Waals surface area contributed by atoms with Gasteiger partial charge in [0.25, 0.3) is 0 Å². The third-order valence-electron chi connectivity index (χ3n) is 3.73. The van der Waals surface area contributed by atoms with Gasteiger partial charge in [0.15, 0.2) is 0 Å². The predicted octanol–water partition coefficient (Wildman–Crippen LogP) is 0.105. The first-order valence-electron chi connectivity index (χ1n) is 6.79. The van der Waals surface area contributed by atoms with Crippen LogP contribution < -0.4 is 10.2 Å². The van der Waals surface area contributed by atoms with Crippen molar-refractivity contribution in [2.45, 2.75) is 13.3 Å². The number of nitrogens with one attached hydrogen (secondary N) is 1. The highest BCUT2D eigenvalue weighted by atomic mass is 32.1. The number of nitrogens with zero attached hydrogens (tertiary/aromatic N) is 4. The normalized spacial score (nSPS) is 21.1.